The van der Waals surface area contributed by atoms with Crippen molar-refractivity contribution in [2.24, 2.45) is 0 Å². The zero-order valence-corrected chi connectivity index (χ0v) is 5.06. The van der Waals surface area contributed by atoms with E-state index in [9.17, 15) is 13.2 Å². The van der Waals surface area contributed by atoms with Gasteiger partial charge in [0.15, 0.2) is 0 Å². The molecule has 1 radical (unpaired) electrons. The molecular formula is C3H5O4S. The van der Waals surface area contributed by atoms with Crippen LogP contribution >= 0.6 is 0 Å². The van der Waals surface area contributed by atoms with Gasteiger partial charge in [-0.3, -0.25) is 8.98 Å². The van der Waals surface area contributed by atoms with E-state index >= 15 is 0 Å². The van der Waals surface area contributed by atoms with Crippen molar-refractivity contribution in [3.8, 4) is 0 Å². The predicted octanol–water partition coefficient (Wildman–Crippen LogP) is -0.928. The molecule has 0 unspecified atom stereocenters. The van der Waals surface area contributed by atoms with Gasteiger partial charge in [-0.15, -0.1) is 0 Å². The molecule has 0 aromatic carbocycles. The van der Waals surface area contributed by atoms with E-state index in [1.807, 2.05) is 0 Å². The summed E-state index contributed by atoms with van der Waals surface area (Å²) in [6.07, 6.45) is 1.20. The molecule has 0 heterocycles. The highest BCUT2D eigenvalue weighted by Gasteiger charge is 2.05. The largest absolute Gasteiger partial charge is 0.290 e. The molecule has 0 aliphatic rings. The fourth-order valence-corrected chi connectivity index (χ4v) is 0.393. The summed E-state index contributed by atoms with van der Waals surface area (Å²) in [4.78, 5) is 9.40. The van der Waals surface area contributed by atoms with Crippen LogP contribution in [0.3, 0.4) is 0 Å². The highest BCUT2D eigenvalue weighted by molar-refractivity contribution is 7.87. The van der Waals surface area contributed by atoms with Crippen LogP contribution < -0.4 is 0 Å². The lowest BCUT2D eigenvalue weighted by molar-refractivity contribution is 0.400. The van der Waals surface area contributed by atoms with Gasteiger partial charge in [0.25, 0.3) is 10.1 Å². The third-order valence-electron chi connectivity index (χ3n) is 0.490. The third-order valence-corrected chi connectivity index (χ3v) is 1.47. The lowest BCUT2D eigenvalue weighted by Crippen LogP contribution is -2.07. The zero-order chi connectivity index (χ0) is 6.62. The van der Waals surface area contributed by atoms with Gasteiger partial charge in [0.05, 0.1) is 7.11 Å². The molecule has 0 N–H and O–H groups in total. The van der Waals surface area contributed by atoms with Crippen LogP contribution in [0.4, 0.5) is 0 Å². The Hall–Kier alpha value is -0.420. The van der Waals surface area contributed by atoms with Crippen molar-refractivity contribution >= 4 is 16.4 Å². The summed E-state index contributed by atoms with van der Waals surface area (Å²) >= 11 is 0. The SMILES string of the molecule is COS(=O)(=O)C[C]=O. The molecule has 0 saturated heterocycles. The van der Waals surface area contributed by atoms with Crippen LogP contribution in [0.1, 0.15) is 0 Å². The Morgan fingerprint density at radius 2 is 2.12 bits per heavy atom. The maximum Gasteiger partial charge on any atom is 0.274 e. The fourth-order valence-electron chi connectivity index (χ4n) is 0.131. The molecule has 0 aliphatic heterocycles. The molecule has 5 heteroatoms. The van der Waals surface area contributed by atoms with Crippen LogP contribution in [0.5, 0.6) is 0 Å². The van der Waals surface area contributed by atoms with Crippen molar-refractivity contribution in [3.63, 3.8) is 0 Å². The van der Waals surface area contributed by atoms with Crippen molar-refractivity contribution in [3.05, 3.63) is 0 Å². The highest BCUT2D eigenvalue weighted by atomic mass is 32.2. The Morgan fingerprint density at radius 3 is 2.25 bits per heavy atom. The minimum Gasteiger partial charge on any atom is -0.290 e. The molecule has 0 aliphatic carbocycles. The maximum absolute atomic E-state index is 10.1. The van der Waals surface area contributed by atoms with Crippen molar-refractivity contribution < 1.29 is 17.4 Å². The van der Waals surface area contributed by atoms with E-state index in [1.54, 1.807) is 0 Å². The molecule has 0 amide bonds. The van der Waals surface area contributed by atoms with Crippen molar-refractivity contribution in [1.29, 1.82) is 0 Å². The monoisotopic (exact) mass is 137 g/mol. The van der Waals surface area contributed by atoms with E-state index in [-0.39, 0.29) is 0 Å². The van der Waals surface area contributed by atoms with Crippen LogP contribution in [0.15, 0.2) is 0 Å². The standard InChI is InChI=1S/C3H5O4S/c1-7-8(5,6)3-2-4/h3H2,1H3. The number of hydrogen-bond acceptors (Lipinski definition) is 4. The zero-order valence-electron chi connectivity index (χ0n) is 4.25. The minimum atomic E-state index is -3.59. The average molecular weight is 137 g/mol. The first-order valence-corrected chi connectivity index (χ1v) is 3.33. The normalized spacial score (nSPS) is 11.1. The molecule has 8 heavy (non-hydrogen) atoms. The van der Waals surface area contributed by atoms with Gasteiger partial charge in [-0.1, -0.05) is 0 Å². The smallest absolute Gasteiger partial charge is 0.274 e. The predicted molar refractivity (Wildman–Crippen MR) is 26.5 cm³/mol. The Morgan fingerprint density at radius 1 is 1.62 bits per heavy atom. The van der Waals surface area contributed by atoms with Crippen LogP contribution in [0.25, 0.3) is 0 Å². The van der Waals surface area contributed by atoms with E-state index in [4.69, 9.17) is 0 Å². The molecule has 0 fully saturated rings. The van der Waals surface area contributed by atoms with Gasteiger partial charge in [-0.05, 0) is 0 Å². The van der Waals surface area contributed by atoms with E-state index < -0.39 is 15.9 Å². The summed E-state index contributed by atoms with van der Waals surface area (Å²) in [5, 5.41) is 0. The third kappa shape index (κ3) is 2.70. The van der Waals surface area contributed by atoms with E-state index in [0.717, 1.165) is 7.11 Å². The minimum absolute atomic E-state index is 0.691. The summed E-state index contributed by atoms with van der Waals surface area (Å²) in [6.45, 7) is 0. The molecule has 0 atom stereocenters. The number of rotatable bonds is 3. The lowest BCUT2D eigenvalue weighted by atomic mass is 10.9. The van der Waals surface area contributed by atoms with Gasteiger partial charge in [0.2, 0.25) is 6.29 Å². The van der Waals surface area contributed by atoms with Crippen molar-refractivity contribution in [1.82, 2.24) is 0 Å². The number of carbonyl (C=O) groups excluding carboxylic acids is 1. The van der Waals surface area contributed by atoms with Crippen LogP contribution in [-0.2, 0) is 19.1 Å². The Balaban J connectivity index is 3.94. The van der Waals surface area contributed by atoms with Gasteiger partial charge >= 0.3 is 0 Å². The molecular weight excluding hydrogens is 132 g/mol. The van der Waals surface area contributed by atoms with Gasteiger partial charge in [0.1, 0.15) is 5.75 Å². The fraction of sp³-hybridized carbons (Fsp3) is 0.667. The Labute approximate surface area is 47.6 Å². The first-order valence-electron chi connectivity index (χ1n) is 1.75. The Kier molecular flexibility index (Phi) is 2.64. The van der Waals surface area contributed by atoms with Gasteiger partial charge < -0.3 is 0 Å². The summed E-state index contributed by atoms with van der Waals surface area (Å²) in [6, 6.07) is 0. The number of hydrogen-bond donors (Lipinski definition) is 0. The molecule has 4 nitrogen and oxygen atoms in total. The highest BCUT2D eigenvalue weighted by Crippen LogP contribution is 1.84. The van der Waals surface area contributed by atoms with Crippen molar-refractivity contribution in [2.45, 2.75) is 0 Å². The molecule has 0 aromatic rings. The van der Waals surface area contributed by atoms with E-state index in [2.05, 4.69) is 4.18 Å². The second-order valence-electron chi connectivity index (χ2n) is 1.01. The molecule has 0 aromatic heterocycles. The first-order chi connectivity index (χ1) is 3.62. The summed E-state index contributed by atoms with van der Waals surface area (Å²) in [5.74, 6) is -0.691. The van der Waals surface area contributed by atoms with Crippen LogP contribution in [0, 0.1) is 0 Å². The topological polar surface area (TPSA) is 60.4 Å². The summed E-state index contributed by atoms with van der Waals surface area (Å²) < 4.78 is 24.1. The molecule has 0 saturated carbocycles. The van der Waals surface area contributed by atoms with Crippen LogP contribution in [0.2, 0.25) is 0 Å². The molecule has 47 valence electrons. The summed E-state index contributed by atoms with van der Waals surface area (Å²) in [5.41, 5.74) is 0. The molecule has 0 bridgehead atoms. The lowest BCUT2D eigenvalue weighted by Gasteiger charge is -1.89. The maximum atomic E-state index is 10.1. The Bertz CT molecular complexity index is 156. The molecule has 0 spiro atoms. The average Bonchev–Trinajstić information content (AvgIpc) is 1.67. The van der Waals surface area contributed by atoms with Gasteiger partial charge in [-0.2, -0.15) is 8.42 Å². The first kappa shape index (κ1) is 7.58. The second kappa shape index (κ2) is 2.78. The van der Waals surface area contributed by atoms with E-state index in [0.29, 0.717) is 0 Å². The van der Waals surface area contributed by atoms with Gasteiger partial charge in [0, 0.05) is 0 Å². The van der Waals surface area contributed by atoms with E-state index in [1.165, 1.54) is 6.29 Å². The quantitative estimate of drug-likeness (QED) is 0.471. The van der Waals surface area contributed by atoms with Crippen molar-refractivity contribution in [2.75, 3.05) is 12.9 Å². The van der Waals surface area contributed by atoms with Gasteiger partial charge in [-0.25, -0.2) is 0 Å². The molecule has 0 rings (SSSR count). The second-order valence-corrected chi connectivity index (χ2v) is 2.75. The van der Waals surface area contributed by atoms with Crippen LogP contribution in [-0.4, -0.2) is 27.6 Å². The summed E-state index contributed by atoms with van der Waals surface area (Å²) in [7, 11) is -2.60.